The smallest absolute Gasteiger partial charge is 0.263 e. The minimum Gasteiger partial charge on any atom is -0.497 e. The van der Waals surface area contributed by atoms with E-state index in [1.54, 1.807) is 21.0 Å². The van der Waals surface area contributed by atoms with Crippen LogP contribution in [-0.2, 0) is 4.79 Å². The molecule has 1 atom stereocenters. The standard InChI is InChI=1S/C17H23N3O3/c1-12(13-5-7-15(23-4)8-6-13)20-16(22)14(9-18)10-19-17(2,3)11-21/h5-8,10,12,19,21H,11H2,1-4H3,(H,20,22)/b14-10-. The van der Waals surface area contributed by atoms with Gasteiger partial charge in [-0.15, -0.1) is 0 Å². The van der Waals surface area contributed by atoms with Crippen molar-refractivity contribution in [3.8, 4) is 11.8 Å². The first-order valence-electron chi connectivity index (χ1n) is 7.26. The summed E-state index contributed by atoms with van der Waals surface area (Å²) in [4.78, 5) is 12.2. The number of aliphatic hydroxyl groups excluding tert-OH is 1. The van der Waals surface area contributed by atoms with Crippen LogP contribution in [0.15, 0.2) is 36.0 Å². The van der Waals surface area contributed by atoms with Gasteiger partial charge >= 0.3 is 0 Å². The summed E-state index contributed by atoms with van der Waals surface area (Å²) < 4.78 is 5.09. The van der Waals surface area contributed by atoms with Crippen molar-refractivity contribution in [1.82, 2.24) is 10.6 Å². The third-order valence-electron chi connectivity index (χ3n) is 3.33. The van der Waals surface area contributed by atoms with E-state index in [2.05, 4.69) is 10.6 Å². The number of carbonyl (C=O) groups excluding carboxylic acids is 1. The van der Waals surface area contributed by atoms with E-state index in [4.69, 9.17) is 15.1 Å². The van der Waals surface area contributed by atoms with Crippen LogP contribution >= 0.6 is 0 Å². The third-order valence-corrected chi connectivity index (χ3v) is 3.33. The van der Waals surface area contributed by atoms with Crippen molar-refractivity contribution in [2.45, 2.75) is 32.4 Å². The summed E-state index contributed by atoms with van der Waals surface area (Å²) in [7, 11) is 1.59. The Kier molecular flexibility index (Phi) is 6.61. The maximum absolute atomic E-state index is 12.2. The molecule has 1 aromatic carbocycles. The molecule has 0 bridgehead atoms. The van der Waals surface area contributed by atoms with Crippen molar-refractivity contribution < 1.29 is 14.6 Å². The number of methoxy groups -OCH3 is 1. The molecule has 0 heterocycles. The van der Waals surface area contributed by atoms with Gasteiger partial charge in [-0.2, -0.15) is 5.26 Å². The van der Waals surface area contributed by atoms with E-state index in [9.17, 15) is 4.79 Å². The molecular formula is C17H23N3O3. The lowest BCUT2D eigenvalue weighted by Crippen LogP contribution is -2.40. The largest absolute Gasteiger partial charge is 0.497 e. The molecule has 0 spiro atoms. The fourth-order valence-corrected chi connectivity index (χ4v) is 1.71. The van der Waals surface area contributed by atoms with Gasteiger partial charge < -0.3 is 20.5 Å². The molecule has 1 amide bonds. The molecule has 0 saturated carbocycles. The topological polar surface area (TPSA) is 94.4 Å². The van der Waals surface area contributed by atoms with Crippen molar-refractivity contribution in [3.63, 3.8) is 0 Å². The van der Waals surface area contributed by atoms with Crippen LogP contribution in [0, 0.1) is 11.3 Å². The van der Waals surface area contributed by atoms with Gasteiger partial charge in [0.1, 0.15) is 17.4 Å². The average molecular weight is 317 g/mol. The first-order valence-corrected chi connectivity index (χ1v) is 7.26. The zero-order valence-corrected chi connectivity index (χ0v) is 13.9. The molecule has 124 valence electrons. The minimum atomic E-state index is -0.607. The monoisotopic (exact) mass is 317 g/mol. The predicted octanol–water partition coefficient (Wildman–Crippen LogP) is 1.64. The highest BCUT2D eigenvalue weighted by Crippen LogP contribution is 2.17. The quantitative estimate of drug-likeness (QED) is 0.525. The number of benzene rings is 1. The molecule has 0 aromatic heterocycles. The third kappa shape index (κ3) is 5.64. The Morgan fingerprint density at radius 3 is 2.52 bits per heavy atom. The Bertz CT molecular complexity index is 601. The molecule has 0 fully saturated rings. The van der Waals surface area contributed by atoms with Crippen molar-refractivity contribution in [2.24, 2.45) is 0 Å². The number of hydrogen-bond acceptors (Lipinski definition) is 5. The molecule has 1 unspecified atom stereocenters. The first-order chi connectivity index (χ1) is 10.8. The van der Waals surface area contributed by atoms with E-state index in [1.807, 2.05) is 37.3 Å². The lowest BCUT2D eigenvalue weighted by Gasteiger charge is -2.22. The minimum absolute atomic E-state index is 0.0492. The maximum Gasteiger partial charge on any atom is 0.263 e. The average Bonchev–Trinajstić information content (AvgIpc) is 2.55. The maximum atomic E-state index is 12.2. The van der Waals surface area contributed by atoms with Crippen LogP contribution in [0.25, 0.3) is 0 Å². The van der Waals surface area contributed by atoms with Crippen LogP contribution in [-0.4, -0.2) is 30.3 Å². The number of hydrogen-bond donors (Lipinski definition) is 3. The van der Waals surface area contributed by atoms with Gasteiger partial charge in [0.25, 0.3) is 5.91 Å². The summed E-state index contributed by atoms with van der Waals surface area (Å²) in [5.74, 6) is 0.261. The van der Waals surface area contributed by atoms with Crippen LogP contribution in [0.3, 0.4) is 0 Å². The van der Waals surface area contributed by atoms with Crippen LogP contribution in [0.4, 0.5) is 0 Å². The molecule has 6 nitrogen and oxygen atoms in total. The number of ether oxygens (including phenoxy) is 1. The van der Waals surface area contributed by atoms with E-state index >= 15 is 0 Å². The van der Waals surface area contributed by atoms with Crippen molar-refractivity contribution in [3.05, 3.63) is 41.6 Å². The Morgan fingerprint density at radius 1 is 1.43 bits per heavy atom. The molecule has 3 N–H and O–H groups in total. The summed E-state index contributed by atoms with van der Waals surface area (Å²) in [6, 6.07) is 8.93. The van der Waals surface area contributed by atoms with E-state index in [0.29, 0.717) is 0 Å². The molecule has 0 aliphatic rings. The predicted molar refractivity (Wildman–Crippen MR) is 87.5 cm³/mol. The van der Waals surface area contributed by atoms with Crippen molar-refractivity contribution in [1.29, 1.82) is 5.26 Å². The van der Waals surface area contributed by atoms with Gasteiger partial charge in [0, 0.05) is 6.20 Å². The van der Waals surface area contributed by atoms with Crippen LogP contribution in [0.1, 0.15) is 32.4 Å². The van der Waals surface area contributed by atoms with Crippen LogP contribution in [0.2, 0.25) is 0 Å². The second-order valence-electron chi connectivity index (χ2n) is 5.82. The lowest BCUT2D eigenvalue weighted by atomic mass is 10.1. The normalized spacial score (nSPS) is 13.0. The highest BCUT2D eigenvalue weighted by molar-refractivity contribution is 5.97. The number of rotatable bonds is 7. The van der Waals surface area contributed by atoms with E-state index < -0.39 is 11.4 Å². The Hall–Kier alpha value is -2.52. The van der Waals surface area contributed by atoms with Crippen LogP contribution in [0.5, 0.6) is 5.75 Å². The van der Waals surface area contributed by atoms with Crippen molar-refractivity contribution >= 4 is 5.91 Å². The zero-order valence-electron chi connectivity index (χ0n) is 13.9. The number of nitrogens with one attached hydrogen (secondary N) is 2. The van der Waals surface area contributed by atoms with Gasteiger partial charge in [0.15, 0.2) is 0 Å². The van der Waals surface area contributed by atoms with Crippen molar-refractivity contribution in [2.75, 3.05) is 13.7 Å². The molecule has 0 radical (unpaired) electrons. The lowest BCUT2D eigenvalue weighted by molar-refractivity contribution is -0.117. The molecule has 6 heteroatoms. The summed E-state index contributed by atoms with van der Waals surface area (Å²) >= 11 is 0. The number of nitriles is 1. The summed E-state index contributed by atoms with van der Waals surface area (Å²) in [6.45, 7) is 5.23. The Labute approximate surface area is 136 Å². The molecular weight excluding hydrogens is 294 g/mol. The van der Waals surface area contributed by atoms with E-state index in [-0.39, 0.29) is 18.2 Å². The molecule has 0 saturated heterocycles. The molecule has 0 aliphatic heterocycles. The van der Waals surface area contributed by atoms with Gasteiger partial charge in [0.2, 0.25) is 0 Å². The second kappa shape index (κ2) is 8.20. The number of aliphatic hydroxyl groups is 1. The van der Waals surface area contributed by atoms with Gasteiger partial charge in [-0.3, -0.25) is 4.79 Å². The van der Waals surface area contributed by atoms with E-state index in [1.165, 1.54) is 6.20 Å². The van der Waals surface area contributed by atoms with Crippen LogP contribution < -0.4 is 15.4 Å². The highest BCUT2D eigenvalue weighted by atomic mass is 16.5. The number of carbonyl (C=O) groups is 1. The Balaban J connectivity index is 2.75. The molecule has 1 aromatic rings. The second-order valence-corrected chi connectivity index (χ2v) is 5.82. The van der Waals surface area contributed by atoms with E-state index in [0.717, 1.165) is 11.3 Å². The van der Waals surface area contributed by atoms with Gasteiger partial charge in [-0.25, -0.2) is 0 Å². The summed E-state index contributed by atoms with van der Waals surface area (Å²) in [6.07, 6.45) is 1.33. The zero-order chi connectivity index (χ0) is 17.5. The fraction of sp³-hybridized carbons (Fsp3) is 0.412. The highest BCUT2D eigenvalue weighted by Gasteiger charge is 2.17. The molecule has 23 heavy (non-hydrogen) atoms. The first kappa shape index (κ1) is 18.5. The summed E-state index contributed by atoms with van der Waals surface area (Å²) in [5.41, 5.74) is 0.247. The number of amides is 1. The summed E-state index contributed by atoms with van der Waals surface area (Å²) in [5, 5.41) is 23.9. The van der Waals surface area contributed by atoms with Gasteiger partial charge in [0.05, 0.1) is 25.3 Å². The SMILES string of the molecule is COc1ccc(C(C)NC(=O)/C(C#N)=C\NC(C)(C)CO)cc1. The number of nitrogens with zero attached hydrogens (tertiary/aromatic N) is 1. The van der Waals surface area contributed by atoms with Gasteiger partial charge in [-0.1, -0.05) is 12.1 Å². The Morgan fingerprint density at radius 2 is 2.04 bits per heavy atom. The molecule has 1 rings (SSSR count). The fourth-order valence-electron chi connectivity index (χ4n) is 1.71. The molecule has 0 aliphatic carbocycles. The van der Waals surface area contributed by atoms with Gasteiger partial charge in [-0.05, 0) is 38.5 Å².